The molecule has 0 aliphatic rings. The van der Waals surface area contributed by atoms with Crippen LogP contribution >= 0.6 is 0 Å². The molecule has 0 spiro atoms. The van der Waals surface area contributed by atoms with Crippen molar-refractivity contribution in [2.45, 2.75) is 40.0 Å². The first-order chi connectivity index (χ1) is 8.59. The van der Waals surface area contributed by atoms with Crippen LogP contribution < -0.4 is 0 Å². The van der Waals surface area contributed by atoms with Crippen molar-refractivity contribution in [2.24, 2.45) is 0 Å². The van der Waals surface area contributed by atoms with Gasteiger partial charge in [0.2, 0.25) is 0 Å². The summed E-state index contributed by atoms with van der Waals surface area (Å²) < 4.78 is 0. The number of aryl methyl sites for hydroxylation is 2. The van der Waals surface area contributed by atoms with Crippen LogP contribution in [0.5, 0.6) is 0 Å². The Labute approximate surface area is 111 Å². The molecule has 0 nitrogen and oxygen atoms in total. The molecule has 0 N–H and O–H groups in total. The summed E-state index contributed by atoms with van der Waals surface area (Å²) in [6, 6.07) is 15.3. The fourth-order valence-corrected chi connectivity index (χ4v) is 2.74. The van der Waals surface area contributed by atoms with E-state index in [0.717, 1.165) is 6.42 Å². The second kappa shape index (κ2) is 5.39. The molecule has 0 heteroatoms. The molecule has 0 amide bonds. The minimum atomic E-state index is 0.588. The van der Waals surface area contributed by atoms with Crippen LogP contribution in [0.4, 0.5) is 0 Å². The van der Waals surface area contributed by atoms with Crippen LogP contribution in [0, 0.1) is 13.8 Å². The highest BCUT2D eigenvalue weighted by atomic mass is 14.1. The summed E-state index contributed by atoms with van der Waals surface area (Å²) in [5.41, 5.74) is 7.22. The molecule has 0 fully saturated rings. The third-order valence-electron chi connectivity index (χ3n) is 3.63. The van der Waals surface area contributed by atoms with Gasteiger partial charge in [-0.2, -0.15) is 0 Å². The van der Waals surface area contributed by atoms with Crippen molar-refractivity contribution >= 4 is 0 Å². The Bertz CT molecular complexity index is 535. The monoisotopic (exact) mass is 238 g/mol. The van der Waals surface area contributed by atoms with E-state index in [2.05, 4.69) is 70.2 Å². The first-order valence-electron chi connectivity index (χ1n) is 6.72. The summed E-state index contributed by atoms with van der Waals surface area (Å²) in [5, 5.41) is 0. The molecule has 2 aromatic rings. The van der Waals surface area contributed by atoms with Gasteiger partial charge in [-0.25, -0.2) is 0 Å². The average Bonchev–Trinajstić information content (AvgIpc) is 2.31. The second-order valence-corrected chi connectivity index (χ2v) is 5.41. The first kappa shape index (κ1) is 12.9. The molecule has 0 unspecified atom stereocenters. The molecule has 0 aliphatic heterocycles. The Balaban J connectivity index is 2.41. The van der Waals surface area contributed by atoms with Crippen molar-refractivity contribution in [3.8, 4) is 0 Å². The normalized spacial score (nSPS) is 10.9. The standard InChI is InChI=1S/C18H22/c1-13(2)18-15(4)9-7-11-17(18)12-16-10-6-5-8-14(16)3/h5-11,13H,12H2,1-4H3. The molecule has 2 rings (SSSR count). The number of rotatable bonds is 3. The van der Waals surface area contributed by atoms with E-state index in [9.17, 15) is 0 Å². The molecule has 0 heterocycles. The van der Waals surface area contributed by atoms with Crippen LogP contribution in [0.3, 0.4) is 0 Å². The van der Waals surface area contributed by atoms with Gasteiger partial charge in [0.25, 0.3) is 0 Å². The predicted octanol–water partition coefficient (Wildman–Crippen LogP) is 5.02. The molecular formula is C18H22. The minimum Gasteiger partial charge on any atom is -0.0620 e. The maximum atomic E-state index is 2.28. The molecular weight excluding hydrogens is 216 g/mol. The molecule has 0 atom stereocenters. The molecule has 0 aliphatic carbocycles. The van der Waals surface area contributed by atoms with Crippen LogP contribution in [0.2, 0.25) is 0 Å². The van der Waals surface area contributed by atoms with Gasteiger partial charge >= 0.3 is 0 Å². The van der Waals surface area contributed by atoms with Gasteiger partial charge in [0.05, 0.1) is 0 Å². The Morgan fingerprint density at radius 1 is 0.778 bits per heavy atom. The smallest absolute Gasteiger partial charge is 0.00202 e. The molecule has 0 radical (unpaired) electrons. The Morgan fingerprint density at radius 3 is 2.06 bits per heavy atom. The Kier molecular flexibility index (Phi) is 3.86. The van der Waals surface area contributed by atoms with Crippen LogP contribution in [0.15, 0.2) is 42.5 Å². The predicted molar refractivity (Wildman–Crippen MR) is 79.3 cm³/mol. The molecule has 0 saturated heterocycles. The number of hydrogen-bond acceptors (Lipinski definition) is 0. The van der Waals surface area contributed by atoms with E-state index < -0.39 is 0 Å². The van der Waals surface area contributed by atoms with Crippen molar-refractivity contribution in [1.29, 1.82) is 0 Å². The lowest BCUT2D eigenvalue weighted by molar-refractivity contribution is 0.837. The summed E-state index contributed by atoms with van der Waals surface area (Å²) in [6.45, 7) is 8.98. The zero-order valence-corrected chi connectivity index (χ0v) is 11.8. The zero-order chi connectivity index (χ0) is 13.1. The van der Waals surface area contributed by atoms with Gasteiger partial charge in [0.1, 0.15) is 0 Å². The van der Waals surface area contributed by atoms with Crippen LogP contribution in [0.1, 0.15) is 47.6 Å². The Hall–Kier alpha value is -1.56. The molecule has 0 aromatic heterocycles. The lowest BCUT2D eigenvalue weighted by Gasteiger charge is -2.16. The highest BCUT2D eigenvalue weighted by Gasteiger charge is 2.10. The fraction of sp³-hybridized carbons (Fsp3) is 0.333. The van der Waals surface area contributed by atoms with Crippen molar-refractivity contribution in [3.63, 3.8) is 0 Å². The summed E-state index contributed by atoms with van der Waals surface area (Å²) in [6.07, 6.45) is 1.04. The summed E-state index contributed by atoms with van der Waals surface area (Å²) in [4.78, 5) is 0. The SMILES string of the molecule is Cc1ccccc1Cc1cccc(C)c1C(C)C. The van der Waals surface area contributed by atoms with Gasteiger partial charge in [-0.1, -0.05) is 56.3 Å². The van der Waals surface area contributed by atoms with Crippen molar-refractivity contribution in [2.75, 3.05) is 0 Å². The van der Waals surface area contributed by atoms with Crippen LogP contribution in [-0.4, -0.2) is 0 Å². The number of hydrogen-bond donors (Lipinski definition) is 0. The van der Waals surface area contributed by atoms with Gasteiger partial charge in [-0.3, -0.25) is 0 Å². The second-order valence-electron chi connectivity index (χ2n) is 5.41. The zero-order valence-electron chi connectivity index (χ0n) is 11.8. The first-order valence-corrected chi connectivity index (χ1v) is 6.72. The maximum Gasteiger partial charge on any atom is -0.00202 e. The largest absolute Gasteiger partial charge is 0.0620 e. The lowest BCUT2D eigenvalue weighted by atomic mass is 9.89. The highest BCUT2D eigenvalue weighted by Crippen LogP contribution is 2.26. The van der Waals surface area contributed by atoms with E-state index in [1.807, 2.05) is 0 Å². The molecule has 0 saturated carbocycles. The third kappa shape index (κ3) is 2.64. The lowest BCUT2D eigenvalue weighted by Crippen LogP contribution is -2.01. The summed E-state index contributed by atoms with van der Waals surface area (Å²) >= 11 is 0. The van der Waals surface area contributed by atoms with Gasteiger partial charge in [-0.05, 0) is 54.0 Å². The van der Waals surface area contributed by atoms with Crippen molar-refractivity contribution in [1.82, 2.24) is 0 Å². The minimum absolute atomic E-state index is 0.588. The van der Waals surface area contributed by atoms with E-state index in [1.165, 1.54) is 27.8 Å². The average molecular weight is 238 g/mol. The van der Waals surface area contributed by atoms with Gasteiger partial charge < -0.3 is 0 Å². The van der Waals surface area contributed by atoms with Gasteiger partial charge in [0.15, 0.2) is 0 Å². The van der Waals surface area contributed by atoms with Gasteiger partial charge in [0, 0.05) is 0 Å². The van der Waals surface area contributed by atoms with Crippen LogP contribution in [-0.2, 0) is 6.42 Å². The van der Waals surface area contributed by atoms with Crippen molar-refractivity contribution in [3.05, 3.63) is 70.3 Å². The van der Waals surface area contributed by atoms with Crippen molar-refractivity contribution < 1.29 is 0 Å². The Morgan fingerprint density at radius 2 is 1.39 bits per heavy atom. The molecule has 2 aromatic carbocycles. The van der Waals surface area contributed by atoms with E-state index in [4.69, 9.17) is 0 Å². The number of benzene rings is 2. The summed E-state index contributed by atoms with van der Waals surface area (Å²) in [7, 11) is 0. The highest BCUT2D eigenvalue weighted by molar-refractivity contribution is 5.41. The fourth-order valence-electron chi connectivity index (χ4n) is 2.74. The van der Waals surface area contributed by atoms with E-state index in [1.54, 1.807) is 0 Å². The molecule has 94 valence electrons. The van der Waals surface area contributed by atoms with Crippen LogP contribution in [0.25, 0.3) is 0 Å². The quantitative estimate of drug-likeness (QED) is 0.704. The van der Waals surface area contributed by atoms with Gasteiger partial charge in [-0.15, -0.1) is 0 Å². The van der Waals surface area contributed by atoms with E-state index in [-0.39, 0.29) is 0 Å². The summed E-state index contributed by atoms with van der Waals surface area (Å²) in [5.74, 6) is 0.588. The topological polar surface area (TPSA) is 0 Å². The van der Waals surface area contributed by atoms with E-state index >= 15 is 0 Å². The maximum absolute atomic E-state index is 2.28. The third-order valence-corrected chi connectivity index (χ3v) is 3.63. The molecule has 18 heavy (non-hydrogen) atoms. The molecule has 0 bridgehead atoms. The van der Waals surface area contributed by atoms with E-state index in [0.29, 0.717) is 5.92 Å².